The van der Waals surface area contributed by atoms with E-state index in [0.717, 1.165) is 11.4 Å². The summed E-state index contributed by atoms with van der Waals surface area (Å²) in [6.45, 7) is 0. The second-order valence-electron chi connectivity index (χ2n) is 5.91. The number of ether oxygens (including phenoxy) is 2. The zero-order valence-electron chi connectivity index (χ0n) is 15.3. The topological polar surface area (TPSA) is 65.4 Å². The Kier molecular flexibility index (Phi) is 5.81. The molecule has 0 saturated heterocycles. The molecule has 0 aliphatic heterocycles. The van der Waals surface area contributed by atoms with Crippen molar-refractivity contribution in [2.24, 2.45) is 7.05 Å². The minimum atomic E-state index is -0.390. The highest BCUT2D eigenvalue weighted by atomic mass is 79.9. The molecule has 0 saturated carbocycles. The Labute approximate surface area is 166 Å². The van der Waals surface area contributed by atoms with Gasteiger partial charge in [-0.2, -0.15) is 0 Å². The van der Waals surface area contributed by atoms with Crippen LogP contribution in [0.15, 0.2) is 59.3 Å². The van der Waals surface area contributed by atoms with Gasteiger partial charge in [-0.15, -0.1) is 0 Å². The number of benzene rings is 2. The van der Waals surface area contributed by atoms with Crippen LogP contribution < -0.4 is 14.8 Å². The summed E-state index contributed by atoms with van der Waals surface area (Å²) >= 11 is 3.42. The van der Waals surface area contributed by atoms with Gasteiger partial charge in [-0.1, -0.05) is 30.3 Å². The highest BCUT2D eigenvalue weighted by molar-refractivity contribution is 9.10. The largest absolute Gasteiger partial charge is 0.495 e. The van der Waals surface area contributed by atoms with Crippen molar-refractivity contribution in [2.45, 2.75) is 6.04 Å². The third-order valence-corrected chi connectivity index (χ3v) is 5.01. The number of methoxy groups -OCH3 is 2. The number of aromatic nitrogens is 2. The quantitative estimate of drug-likeness (QED) is 0.648. The molecule has 0 aliphatic rings. The standard InChI is InChI=1S/C20H20BrN3O3/c1-24-10-9-22-19(24)18(13-7-5-4-6-8-13)23-20(25)14-11-15(26-2)17(21)16(12-14)27-3/h4-12,18H,1-3H3,(H,23,25)/t18-/m1/s1. The second kappa shape index (κ2) is 8.26. The number of hydrogen-bond acceptors (Lipinski definition) is 4. The van der Waals surface area contributed by atoms with Gasteiger partial charge in [0.1, 0.15) is 27.8 Å². The molecule has 1 N–H and O–H groups in total. The normalized spacial score (nSPS) is 11.7. The summed E-state index contributed by atoms with van der Waals surface area (Å²) in [6, 6.07) is 12.7. The summed E-state index contributed by atoms with van der Waals surface area (Å²) < 4.78 is 13.2. The van der Waals surface area contributed by atoms with Crippen LogP contribution >= 0.6 is 15.9 Å². The summed E-state index contributed by atoms with van der Waals surface area (Å²) in [7, 11) is 4.99. The van der Waals surface area contributed by atoms with Crippen molar-refractivity contribution in [3.05, 3.63) is 76.3 Å². The van der Waals surface area contributed by atoms with Gasteiger partial charge in [0, 0.05) is 25.0 Å². The highest BCUT2D eigenvalue weighted by Crippen LogP contribution is 2.35. The summed E-state index contributed by atoms with van der Waals surface area (Å²) in [4.78, 5) is 17.4. The first-order valence-electron chi connectivity index (χ1n) is 8.29. The number of nitrogens with one attached hydrogen (secondary N) is 1. The van der Waals surface area contributed by atoms with Gasteiger partial charge in [0.15, 0.2) is 0 Å². The summed E-state index contributed by atoms with van der Waals surface area (Å²) in [5, 5.41) is 3.07. The lowest BCUT2D eigenvalue weighted by molar-refractivity contribution is 0.0940. The van der Waals surface area contributed by atoms with Gasteiger partial charge >= 0.3 is 0 Å². The van der Waals surface area contributed by atoms with Gasteiger partial charge in [-0.3, -0.25) is 4.79 Å². The predicted octanol–water partition coefficient (Wildman–Crippen LogP) is 3.72. The number of nitrogens with zero attached hydrogens (tertiary/aromatic N) is 2. The van der Waals surface area contributed by atoms with Crippen LogP contribution in [0.4, 0.5) is 0 Å². The molecular formula is C20H20BrN3O3. The fourth-order valence-electron chi connectivity index (χ4n) is 2.81. The molecule has 0 bridgehead atoms. The average Bonchev–Trinajstić information content (AvgIpc) is 3.12. The fraction of sp³-hybridized carbons (Fsp3) is 0.200. The lowest BCUT2D eigenvalue weighted by Crippen LogP contribution is -2.31. The van der Waals surface area contributed by atoms with E-state index >= 15 is 0 Å². The number of amides is 1. The maximum absolute atomic E-state index is 13.0. The molecule has 0 radical (unpaired) electrons. The van der Waals surface area contributed by atoms with E-state index in [9.17, 15) is 4.79 Å². The molecule has 3 aromatic rings. The van der Waals surface area contributed by atoms with Gasteiger partial charge in [0.05, 0.1) is 14.2 Å². The molecule has 2 aromatic carbocycles. The van der Waals surface area contributed by atoms with Crippen LogP contribution in [0, 0.1) is 0 Å². The lowest BCUT2D eigenvalue weighted by Gasteiger charge is -2.20. The van der Waals surface area contributed by atoms with E-state index in [0.29, 0.717) is 21.5 Å². The van der Waals surface area contributed by atoms with Crippen molar-refractivity contribution < 1.29 is 14.3 Å². The first-order valence-corrected chi connectivity index (χ1v) is 9.09. The second-order valence-corrected chi connectivity index (χ2v) is 6.70. The van der Waals surface area contributed by atoms with Gasteiger partial charge in [0.2, 0.25) is 0 Å². The zero-order chi connectivity index (χ0) is 19.4. The maximum Gasteiger partial charge on any atom is 0.252 e. The van der Waals surface area contributed by atoms with E-state index in [2.05, 4.69) is 26.2 Å². The number of aryl methyl sites for hydroxylation is 1. The Morgan fingerprint density at radius 3 is 2.30 bits per heavy atom. The molecule has 1 aromatic heterocycles. The SMILES string of the molecule is COc1cc(C(=O)N[C@H](c2ccccc2)c2nccn2C)cc(OC)c1Br. The Morgan fingerprint density at radius 1 is 1.15 bits per heavy atom. The number of imidazole rings is 1. The molecule has 7 heteroatoms. The van der Waals surface area contributed by atoms with Crippen LogP contribution in [-0.4, -0.2) is 29.7 Å². The van der Waals surface area contributed by atoms with Crippen molar-refractivity contribution in [2.75, 3.05) is 14.2 Å². The molecule has 1 heterocycles. The Bertz CT molecular complexity index is 916. The summed E-state index contributed by atoms with van der Waals surface area (Å²) in [5.74, 6) is 1.53. The van der Waals surface area contributed by atoms with E-state index in [-0.39, 0.29) is 11.9 Å². The van der Waals surface area contributed by atoms with Crippen LogP contribution in [0.1, 0.15) is 27.8 Å². The van der Waals surface area contributed by atoms with E-state index < -0.39 is 0 Å². The first-order chi connectivity index (χ1) is 13.0. The third-order valence-electron chi connectivity index (χ3n) is 4.23. The van der Waals surface area contributed by atoms with Crippen LogP contribution in [0.5, 0.6) is 11.5 Å². The van der Waals surface area contributed by atoms with Gasteiger partial charge < -0.3 is 19.4 Å². The Morgan fingerprint density at radius 2 is 1.78 bits per heavy atom. The highest BCUT2D eigenvalue weighted by Gasteiger charge is 2.22. The van der Waals surface area contributed by atoms with Crippen molar-refractivity contribution >= 4 is 21.8 Å². The van der Waals surface area contributed by atoms with E-state index in [4.69, 9.17) is 9.47 Å². The van der Waals surface area contributed by atoms with Crippen molar-refractivity contribution in [3.63, 3.8) is 0 Å². The van der Waals surface area contributed by atoms with Gasteiger partial charge in [-0.25, -0.2) is 4.98 Å². The van der Waals surface area contributed by atoms with Crippen molar-refractivity contribution in [1.29, 1.82) is 0 Å². The predicted molar refractivity (Wildman–Crippen MR) is 106 cm³/mol. The van der Waals surface area contributed by atoms with Gasteiger partial charge in [-0.05, 0) is 33.6 Å². The van der Waals surface area contributed by atoms with Crippen molar-refractivity contribution in [1.82, 2.24) is 14.9 Å². The van der Waals surface area contributed by atoms with Gasteiger partial charge in [0.25, 0.3) is 5.91 Å². The molecular weight excluding hydrogens is 410 g/mol. The maximum atomic E-state index is 13.0. The monoisotopic (exact) mass is 429 g/mol. The fourth-order valence-corrected chi connectivity index (χ4v) is 3.37. The number of carbonyl (C=O) groups excluding carboxylic acids is 1. The first kappa shape index (κ1) is 19.0. The molecule has 0 unspecified atom stereocenters. The molecule has 6 nitrogen and oxygen atoms in total. The van der Waals surface area contributed by atoms with Crippen LogP contribution in [0.3, 0.4) is 0 Å². The molecule has 1 amide bonds. The van der Waals surface area contributed by atoms with E-state index in [1.54, 1.807) is 32.5 Å². The van der Waals surface area contributed by atoms with Crippen molar-refractivity contribution in [3.8, 4) is 11.5 Å². The third kappa shape index (κ3) is 3.98. The van der Waals surface area contributed by atoms with E-state index in [1.807, 2.05) is 48.1 Å². The molecule has 0 fully saturated rings. The number of halogens is 1. The smallest absolute Gasteiger partial charge is 0.252 e. The summed E-state index contributed by atoms with van der Waals surface area (Å²) in [5.41, 5.74) is 1.37. The molecule has 27 heavy (non-hydrogen) atoms. The summed E-state index contributed by atoms with van der Waals surface area (Å²) in [6.07, 6.45) is 3.56. The lowest BCUT2D eigenvalue weighted by atomic mass is 10.1. The molecule has 140 valence electrons. The van der Waals surface area contributed by atoms with Crippen LogP contribution in [0.2, 0.25) is 0 Å². The van der Waals surface area contributed by atoms with E-state index in [1.165, 1.54) is 0 Å². The molecule has 1 atom stereocenters. The number of rotatable bonds is 6. The molecule has 3 rings (SSSR count). The Hall–Kier alpha value is -2.80. The Balaban J connectivity index is 1.97. The minimum Gasteiger partial charge on any atom is -0.495 e. The molecule has 0 aliphatic carbocycles. The average molecular weight is 430 g/mol. The zero-order valence-corrected chi connectivity index (χ0v) is 16.9. The van der Waals surface area contributed by atoms with Crippen LogP contribution in [0.25, 0.3) is 0 Å². The van der Waals surface area contributed by atoms with Crippen LogP contribution in [-0.2, 0) is 7.05 Å². The minimum absolute atomic E-state index is 0.254. The molecule has 0 spiro atoms. The number of hydrogen-bond donors (Lipinski definition) is 1. The number of carbonyl (C=O) groups is 1.